The van der Waals surface area contributed by atoms with Crippen LogP contribution >= 0.6 is 0 Å². The van der Waals surface area contributed by atoms with Crippen LogP contribution in [0.5, 0.6) is 23.0 Å². The normalized spacial score (nSPS) is 19.0. The fourth-order valence-electron chi connectivity index (χ4n) is 20.5. The summed E-state index contributed by atoms with van der Waals surface area (Å²) in [4.78, 5) is 181. The highest BCUT2D eigenvalue weighted by molar-refractivity contribution is 5.97. The van der Waals surface area contributed by atoms with Gasteiger partial charge in [-0.3, -0.25) is 38.4 Å². The number of ether oxygens (including phenoxy) is 8. The molecule has 38 nitrogen and oxygen atoms in total. The largest absolute Gasteiger partial charge is 0.508 e. The summed E-state index contributed by atoms with van der Waals surface area (Å²) in [6.07, 6.45) is 1.67. The summed E-state index contributed by atoms with van der Waals surface area (Å²) in [5.74, 6) is -5.65. The first-order valence-corrected chi connectivity index (χ1v) is 48.0. The Morgan fingerprint density at radius 1 is 0.361 bits per heavy atom. The van der Waals surface area contributed by atoms with E-state index >= 15 is 0 Å². The van der Waals surface area contributed by atoms with E-state index in [1.165, 1.54) is 13.8 Å². The molecule has 4 aromatic carbocycles. The van der Waals surface area contributed by atoms with Crippen LogP contribution in [-0.2, 0) is 177 Å². The van der Waals surface area contributed by atoms with Crippen molar-refractivity contribution in [2.24, 2.45) is 34.8 Å². The molecule has 0 bridgehead atoms. The van der Waals surface area contributed by atoms with Gasteiger partial charge in [-0.2, -0.15) is 0 Å². The van der Waals surface area contributed by atoms with Crippen molar-refractivity contribution < 1.29 is 96.7 Å². The van der Waals surface area contributed by atoms with Gasteiger partial charge < -0.3 is 109 Å². The van der Waals surface area contributed by atoms with Gasteiger partial charge in [-0.1, -0.05) is 69.2 Å². The van der Waals surface area contributed by atoms with E-state index in [0.29, 0.717) is 129 Å². The average molecular weight is 1970 g/mol. The molecule has 38 heteroatoms. The lowest BCUT2D eigenvalue weighted by atomic mass is 9.85. The molecular formula is C106H114N14O24. The van der Waals surface area contributed by atoms with Gasteiger partial charge in [0.15, 0.2) is 0 Å². The van der Waals surface area contributed by atoms with Gasteiger partial charge in [0.05, 0.1) is 116 Å². The number of carbonyl (C=O) groups excluding carboxylic acids is 8. The maximum absolute atomic E-state index is 13.7. The summed E-state index contributed by atoms with van der Waals surface area (Å²) >= 11 is 0. The Morgan fingerprint density at radius 2 is 0.625 bits per heavy atom. The molecule has 0 aliphatic carbocycles. The van der Waals surface area contributed by atoms with Crippen molar-refractivity contribution in [3.8, 4) is 68.5 Å². The van der Waals surface area contributed by atoms with Crippen LogP contribution in [0.15, 0.2) is 116 Å². The number of nitrogens with two attached hydrogens (primary N) is 4. The van der Waals surface area contributed by atoms with E-state index in [0.717, 1.165) is 66.1 Å². The van der Waals surface area contributed by atoms with Gasteiger partial charge in [0, 0.05) is 90.3 Å². The van der Waals surface area contributed by atoms with Gasteiger partial charge in [0.1, 0.15) is 73.6 Å². The van der Waals surface area contributed by atoms with E-state index in [1.807, 2.05) is 64.0 Å². The van der Waals surface area contributed by atoms with Gasteiger partial charge >= 0.3 is 47.8 Å². The number of phenolic OH excluding ortho intramolecular Hbond substituents is 4. The van der Waals surface area contributed by atoms with E-state index < -0.39 is 94.3 Å². The predicted octanol–water partition coefficient (Wildman–Crippen LogP) is 9.25. The molecule has 0 radical (unpaired) electrons. The minimum absolute atomic E-state index is 0.0729. The fraction of sp³-hybridized carbons (Fsp3) is 0.396. The maximum Gasteiger partial charge on any atom is 0.355 e. The second kappa shape index (κ2) is 38.1. The zero-order valence-electron chi connectivity index (χ0n) is 82.8. The summed E-state index contributed by atoms with van der Waals surface area (Å²) in [6, 6.07) is 23.7. The Balaban J connectivity index is 0.000000132. The molecule has 144 heavy (non-hydrogen) atoms. The molecule has 0 fully saturated rings. The number of carbonyl (C=O) groups is 8. The van der Waals surface area contributed by atoms with Crippen LogP contribution in [0.1, 0.15) is 198 Å². The molecule has 12 aromatic rings. The van der Waals surface area contributed by atoms with Crippen LogP contribution < -0.4 is 45.2 Å². The Hall–Kier alpha value is -15.0. The van der Waals surface area contributed by atoms with E-state index in [9.17, 15) is 78.0 Å². The van der Waals surface area contributed by atoms with Crippen LogP contribution in [-0.4, -0.2) is 169 Å². The average Bonchev–Trinajstić information content (AvgIpc) is 1.57. The zero-order valence-corrected chi connectivity index (χ0v) is 82.8. The van der Waals surface area contributed by atoms with Crippen molar-refractivity contribution >= 4 is 91.4 Å². The predicted molar refractivity (Wildman–Crippen MR) is 527 cm³/mol. The summed E-state index contributed by atoms with van der Waals surface area (Å²) in [7, 11) is 7.68. The van der Waals surface area contributed by atoms with Crippen LogP contribution in [0.3, 0.4) is 0 Å². The summed E-state index contributed by atoms with van der Waals surface area (Å²) in [6.45, 7) is 22.3. The molecule has 4 unspecified atom stereocenters. The summed E-state index contributed by atoms with van der Waals surface area (Å²) in [5.41, 5.74) is 31.7. The molecule has 8 atom stereocenters. The number of phenols is 4. The third kappa shape index (κ3) is 16.6. The van der Waals surface area contributed by atoms with Gasteiger partial charge in [0.2, 0.25) is 22.4 Å². The number of fused-ring (bicyclic) bond motifs is 20. The topological polar surface area (TPSA) is 541 Å². The van der Waals surface area contributed by atoms with E-state index in [4.69, 9.17) is 80.8 Å². The number of hydrogen-bond acceptors (Lipinski definition) is 34. The lowest BCUT2D eigenvalue weighted by molar-refractivity contribution is -0.190. The Labute approximate surface area is 824 Å². The molecule has 8 aliphatic heterocycles. The van der Waals surface area contributed by atoms with Crippen molar-refractivity contribution in [2.45, 2.75) is 234 Å². The zero-order chi connectivity index (χ0) is 104. The van der Waals surface area contributed by atoms with E-state index in [2.05, 4.69) is 0 Å². The lowest BCUT2D eigenvalue weighted by Gasteiger charge is -2.36. The van der Waals surface area contributed by atoms with Crippen LogP contribution in [0.2, 0.25) is 0 Å². The molecule has 20 rings (SSSR count). The summed E-state index contributed by atoms with van der Waals surface area (Å²) < 4.78 is 50.6. The molecule has 12 N–H and O–H groups in total. The van der Waals surface area contributed by atoms with Crippen molar-refractivity contribution in [3.63, 3.8) is 0 Å². The second-order valence-electron chi connectivity index (χ2n) is 38.8. The first-order valence-electron chi connectivity index (χ1n) is 48.0. The Morgan fingerprint density at radius 3 is 0.896 bits per heavy atom. The molecule has 0 spiro atoms. The monoisotopic (exact) mass is 1970 g/mol. The SMILES string of the molecule is CC[C@@]1(OC(=O)C(N)C(C)C)C(=O)OCc2c1cc1n(c2=O)Cc2cc3c(CN(C)C)c(O)ccc3nc2-1.CC[C@@]1(OC(=O)C(N)C(C)C)C(=O)OCc2c1cc1n(c2=O)Cc2cc3c(CN(C)C)c(O)ccc3nc2-1.CCc1c2c(nc3ccc(O)cc13)-c1cc3c(c(=O)n1C2)COC(=O)[C@@]3(CC)OC(=O)C(C)N.CCc1c2c(nc3ccc(O)cc13)-c1cc3c(c(=O)n1C2)COC(=O)[C@@]3(CC)OC(=O)C(C)N. The quantitative estimate of drug-likeness (QED) is 0.0260. The molecule has 0 saturated carbocycles. The number of hydrogen-bond donors (Lipinski definition) is 8. The fourth-order valence-corrected chi connectivity index (χ4v) is 20.5. The number of pyridine rings is 8. The summed E-state index contributed by atoms with van der Waals surface area (Å²) in [5, 5.41) is 44.3. The second-order valence-corrected chi connectivity index (χ2v) is 38.8. The number of aromatic hydroxyl groups is 4. The molecule has 8 aliphatic rings. The highest BCUT2D eigenvalue weighted by Crippen LogP contribution is 2.50. The number of benzene rings is 4. The Kier molecular flexibility index (Phi) is 26.6. The number of cyclic esters (lactones) is 4. The third-order valence-electron chi connectivity index (χ3n) is 28.5. The third-order valence-corrected chi connectivity index (χ3v) is 28.5. The van der Waals surface area contributed by atoms with E-state index in [-0.39, 0.29) is 145 Å². The lowest BCUT2D eigenvalue weighted by Crippen LogP contribution is -2.50. The molecule has 752 valence electrons. The first kappa shape index (κ1) is 101. The molecule has 0 saturated heterocycles. The van der Waals surface area contributed by atoms with Crippen molar-refractivity contribution in [1.82, 2.24) is 48.0 Å². The van der Waals surface area contributed by atoms with E-state index in [1.54, 1.807) is 159 Å². The standard InChI is InChI=1S/2C28H32N4O6.2C25H25N3O6/c2*1-6-28(38-26(35)23(29)14(2)3)19-10-21-24-15(11-32(21)25(34)18(19)13-37-27(28)36)9-16-17(12-31(4)5)22(33)8-7-20(16)30-24;2*1-4-14-15-8-13(29)6-7-19(15)27-21-16(14)10-28-20(21)9-18-17(22(28)30)11-33-24(32)25(18,5-2)34-23(31)12(3)26/h2*7-10,14,23,33H,6,11-13,29H2,1-5H3;2*6-9,12,29H,4-5,10-11,26H2,1-3H3/t2*23?,28-;2*12?,25-/m0000/s1. The minimum Gasteiger partial charge on any atom is -0.508 e. The number of rotatable bonds is 20. The minimum atomic E-state index is -1.78. The van der Waals surface area contributed by atoms with Gasteiger partial charge in [-0.15, -0.1) is 0 Å². The number of aromatic nitrogens is 8. The molecule has 8 aromatic heterocycles. The highest BCUT2D eigenvalue weighted by Gasteiger charge is 2.56. The van der Waals surface area contributed by atoms with Crippen LogP contribution in [0.25, 0.3) is 89.2 Å². The number of nitrogens with zero attached hydrogens (tertiary/aromatic N) is 10. The van der Waals surface area contributed by atoms with Gasteiger partial charge in [-0.25, -0.2) is 39.1 Å². The molecule has 16 heterocycles. The smallest absolute Gasteiger partial charge is 0.355 e. The van der Waals surface area contributed by atoms with Crippen LogP contribution in [0, 0.1) is 11.8 Å². The number of esters is 8. The van der Waals surface area contributed by atoms with Crippen molar-refractivity contribution in [1.29, 1.82) is 0 Å². The van der Waals surface area contributed by atoms with Crippen molar-refractivity contribution in [2.75, 3.05) is 28.2 Å². The van der Waals surface area contributed by atoms with Gasteiger partial charge in [0.25, 0.3) is 22.2 Å². The number of aryl methyl sites for hydroxylation is 2. The van der Waals surface area contributed by atoms with Crippen LogP contribution in [0.4, 0.5) is 0 Å². The van der Waals surface area contributed by atoms with Gasteiger partial charge in [-0.05, 0) is 201 Å². The van der Waals surface area contributed by atoms with Crippen molar-refractivity contribution in [3.05, 3.63) is 227 Å². The Bertz CT molecular complexity index is 7320. The maximum atomic E-state index is 13.7. The first-order chi connectivity index (χ1) is 68.4. The molecule has 0 amide bonds. The molecular weight excluding hydrogens is 1850 g/mol. The highest BCUT2D eigenvalue weighted by atomic mass is 16.6.